The molecule has 0 aliphatic carbocycles. The maximum atomic E-state index is 13.2. The Labute approximate surface area is 182 Å². The van der Waals surface area contributed by atoms with E-state index in [2.05, 4.69) is 6.58 Å². The molecule has 30 heavy (non-hydrogen) atoms. The maximum absolute atomic E-state index is 13.2. The van der Waals surface area contributed by atoms with Crippen molar-refractivity contribution in [2.45, 2.75) is 34.2 Å². The second kappa shape index (κ2) is 10.3. The van der Waals surface area contributed by atoms with Crippen LogP contribution in [0.4, 0.5) is 0 Å². The Hall–Kier alpha value is -2.86. The van der Waals surface area contributed by atoms with Gasteiger partial charge in [0.05, 0.1) is 13.2 Å². The molecule has 6 nitrogen and oxygen atoms in total. The summed E-state index contributed by atoms with van der Waals surface area (Å²) in [5, 5.41) is 0.525. The van der Waals surface area contributed by atoms with Gasteiger partial charge < -0.3 is 14.2 Å². The Morgan fingerprint density at radius 1 is 1.17 bits per heavy atom. The van der Waals surface area contributed by atoms with Crippen LogP contribution in [0.3, 0.4) is 0 Å². The lowest BCUT2D eigenvalue weighted by molar-refractivity contribution is 0.0512. The molecule has 7 heteroatoms. The molecule has 0 N–H and O–H groups in total. The first-order chi connectivity index (χ1) is 14.3. The van der Waals surface area contributed by atoms with Crippen LogP contribution in [0.5, 0.6) is 0 Å². The van der Waals surface area contributed by atoms with E-state index in [-0.39, 0.29) is 31.4 Å². The van der Waals surface area contributed by atoms with Crippen molar-refractivity contribution in [2.24, 2.45) is 0 Å². The van der Waals surface area contributed by atoms with Gasteiger partial charge in [0.2, 0.25) is 0 Å². The summed E-state index contributed by atoms with van der Waals surface area (Å²) in [6.45, 7) is 11.7. The highest BCUT2D eigenvalue weighted by atomic mass is 35.5. The average Bonchev–Trinajstić information content (AvgIpc) is 2.97. The number of carbonyl (C=O) groups is 3. The van der Waals surface area contributed by atoms with E-state index in [1.807, 2.05) is 6.92 Å². The molecular formula is C23H27ClN2O4. The first kappa shape index (κ1) is 23.4. The highest BCUT2D eigenvalue weighted by Gasteiger charge is 2.28. The van der Waals surface area contributed by atoms with Crippen molar-refractivity contribution in [2.75, 3.05) is 19.7 Å². The zero-order valence-corrected chi connectivity index (χ0v) is 18.6. The minimum atomic E-state index is -0.459. The van der Waals surface area contributed by atoms with Gasteiger partial charge >= 0.3 is 5.97 Å². The summed E-state index contributed by atoms with van der Waals surface area (Å²) in [5.41, 5.74) is 2.49. The van der Waals surface area contributed by atoms with Gasteiger partial charge in [0.1, 0.15) is 5.69 Å². The number of nitrogens with zero attached hydrogens (tertiary/aromatic N) is 2. The van der Waals surface area contributed by atoms with Crippen LogP contribution in [0.1, 0.15) is 56.3 Å². The quantitative estimate of drug-likeness (QED) is 0.334. The van der Waals surface area contributed by atoms with E-state index in [0.717, 1.165) is 0 Å². The van der Waals surface area contributed by atoms with E-state index in [9.17, 15) is 14.4 Å². The average molecular weight is 431 g/mol. The highest BCUT2D eigenvalue weighted by molar-refractivity contribution is 6.30. The number of halogens is 1. The van der Waals surface area contributed by atoms with Crippen molar-refractivity contribution in [1.29, 1.82) is 0 Å². The third kappa shape index (κ3) is 4.82. The van der Waals surface area contributed by atoms with Crippen LogP contribution in [0.15, 0.2) is 36.9 Å². The summed E-state index contributed by atoms with van der Waals surface area (Å²) in [7, 11) is 0. The summed E-state index contributed by atoms with van der Waals surface area (Å²) < 4.78 is 6.94. The maximum Gasteiger partial charge on any atom is 0.355 e. The van der Waals surface area contributed by atoms with Gasteiger partial charge in [-0.25, -0.2) is 4.79 Å². The molecule has 0 spiro atoms. The SMILES string of the molecule is C=CCN(CC(=O)c1c(C)c(C(=O)OCC)n(CC)c1C)C(=O)c1ccc(Cl)cc1. The van der Waals surface area contributed by atoms with Crippen molar-refractivity contribution in [3.8, 4) is 0 Å². The van der Waals surface area contributed by atoms with E-state index < -0.39 is 5.97 Å². The Morgan fingerprint density at radius 3 is 2.33 bits per heavy atom. The minimum Gasteiger partial charge on any atom is -0.461 e. The number of aromatic nitrogens is 1. The third-order valence-electron chi connectivity index (χ3n) is 4.89. The van der Waals surface area contributed by atoms with Crippen LogP contribution in [0, 0.1) is 13.8 Å². The molecular weight excluding hydrogens is 404 g/mol. The Morgan fingerprint density at radius 2 is 1.80 bits per heavy atom. The molecule has 0 saturated carbocycles. The molecule has 1 amide bonds. The Bertz CT molecular complexity index is 961. The number of amides is 1. The number of ether oxygens (including phenoxy) is 1. The van der Waals surface area contributed by atoms with Crippen molar-refractivity contribution in [3.63, 3.8) is 0 Å². The topological polar surface area (TPSA) is 68.6 Å². The lowest BCUT2D eigenvalue weighted by Gasteiger charge is -2.21. The Kier molecular flexibility index (Phi) is 8.00. The van der Waals surface area contributed by atoms with Gasteiger partial charge in [0.15, 0.2) is 5.78 Å². The van der Waals surface area contributed by atoms with Gasteiger partial charge in [-0.1, -0.05) is 17.7 Å². The number of ketones is 1. The molecule has 1 aromatic carbocycles. The van der Waals surface area contributed by atoms with Crippen LogP contribution in [0.25, 0.3) is 0 Å². The summed E-state index contributed by atoms with van der Waals surface area (Å²) in [5.74, 6) is -0.998. The van der Waals surface area contributed by atoms with Gasteiger partial charge in [-0.05, 0) is 57.5 Å². The minimum absolute atomic E-state index is 0.134. The largest absolute Gasteiger partial charge is 0.461 e. The van der Waals surface area contributed by atoms with E-state index in [1.54, 1.807) is 55.7 Å². The molecule has 0 atom stereocenters. The zero-order chi connectivity index (χ0) is 22.4. The van der Waals surface area contributed by atoms with Crippen molar-refractivity contribution >= 4 is 29.3 Å². The Balaban J connectivity index is 2.38. The second-order valence-electron chi connectivity index (χ2n) is 6.80. The number of carbonyl (C=O) groups excluding carboxylic acids is 3. The molecule has 2 aromatic rings. The fourth-order valence-electron chi connectivity index (χ4n) is 3.57. The molecule has 0 bridgehead atoms. The normalized spacial score (nSPS) is 10.6. The smallest absolute Gasteiger partial charge is 0.355 e. The lowest BCUT2D eigenvalue weighted by atomic mass is 10.0. The van der Waals surface area contributed by atoms with Crippen LogP contribution in [-0.4, -0.2) is 46.8 Å². The molecule has 0 aliphatic heterocycles. The lowest BCUT2D eigenvalue weighted by Crippen LogP contribution is -2.36. The highest BCUT2D eigenvalue weighted by Crippen LogP contribution is 2.24. The number of Topliss-reactive ketones (excluding diaryl/α,β-unsaturated/α-hetero) is 1. The molecule has 160 valence electrons. The van der Waals surface area contributed by atoms with Crippen LogP contribution in [-0.2, 0) is 11.3 Å². The van der Waals surface area contributed by atoms with Gasteiger partial charge in [-0.3, -0.25) is 9.59 Å². The number of esters is 1. The standard InChI is InChI=1S/C23H27ClN2O4/c1-6-13-25(22(28)17-9-11-18(24)12-10-17)14-19(27)20-15(4)21(23(29)30-8-3)26(7-2)16(20)5/h6,9-12H,1,7-8,13-14H2,2-5H3. The first-order valence-electron chi connectivity index (χ1n) is 9.82. The predicted octanol–water partition coefficient (Wildman–Crippen LogP) is 4.47. The molecule has 1 aromatic heterocycles. The number of hydrogen-bond acceptors (Lipinski definition) is 4. The predicted molar refractivity (Wildman–Crippen MR) is 117 cm³/mol. The van der Waals surface area contributed by atoms with Crippen LogP contribution < -0.4 is 0 Å². The van der Waals surface area contributed by atoms with E-state index >= 15 is 0 Å². The van der Waals surface area contributed by atoms with E-state index in [1.165, 1.54) is 4.90 Å². The number of rotatable bonds is 9. The fourth-order valence-corrected chi connectivity index (χ4v) is 3.69. The molecule has 1 heterocycles. The first-order valence-corrected chi connectivity index (χ1v) is 10.2. The second-order valence-corrected chi connectivity index (χ2v) is 7.24. The molecule has 0 aliphatic rings. The third-order valence-corrected chi connectivity index (χ3v) is 5.14. The fraction of sp³-hybridized carbons (Fsp3) is 0.348. The zero-order valence-electron chi connectivity index (χ0n) is 17.8. The molecule has 0 fully saturated rings. The summed E-state index contributed by atoms with van der Waals surface area (Å²) >= 11 is 5.90. The van der Waals surface area contributed by atoms with Gasteiger partial charge in [0, 0.05) is 34.9 Å². The van der Waals surface area contributed by atoms with Crippen LogP contribution in [0.2, 0.25) is 5.02 Å². The van der Waals surface area contributed by atoms with Gasteiger partial charge in [-0.15, -0.1) is 6.58 Å². The van der Waals surface area contributed by atoms with E-state index in [0.29, 0.717) is 39.6 Å². The number of hydrogen-bond donors (Lipinski definition) is 0. The monoisotopic (exact) mass is 430 g/mol. The van der Waals surface area contributed by atoms with Crippen molar-refractivity contribution in [1.82, 2.24) is 9.47 Å². The number of benzene rings is 1. The molecule has 0 radical (unpaired) electrons. The van der Waals surface area contributed by atoms with Crippen molar-refractivity contribution in [3.05, 3.63) is 70.0 Å². The molecule has 0 unspecified atom stereocenters. The van der Waals surface area contributed by atoms with Gasteiger partial charge in [-0.2, -0.15) is 0 Å². The molecule has 0 saturated heterocycles. The summed E-state index contributed by atoms with van der Waals surface area (Å²) in [6, 6.07) is 6.50. The molecule has 2 rings (SSSR count). The summed E-state index contributed by atoms with van der Waals surface area (Å²) in [4.78, 5) is 40.0. The van der Waals surface area contributed by atoms with Gasteiger partial charge in [0.25, 0.3) is 5.91 Å². The summed E-state index contributed by atoms with van der Waals surface area (Å²) in [6.07, 6.45) is 1.57. The van der Waals surface area contributed by atoms with Crippen molar-refractivity contribution < 1.29 is 19.1 Å². The van der Waals surface area contributed by atoms with Crippen LogP contribution >= 0.6 is 11.6 Å². The van der Waals surface area contributed by atoms with E-state index in [4.69, 9.17) is 16.3 Å².